The summed E-state index contributed by atoms with van der Waals surface area (Å²) in [6, 6.07) is 0.508. The van der Waals surface area contributed by atoms with Crippen molar-refractivity contribution in [2.75, 3.05) is 6.54 Å². The Morgan fingerprint density at radius 3 is 2.06 bits per heavy atom. The Morgan fingerprint density at radius 2 is 1.69 bits per heavy atom. The molecule has 0 aromatic rings. The van der Waals surface area contributed by atoms with Gasteiger partial charge in [-0.25, -0.2) is 0 Å². The van der Waals surface area contributed by atoms with E-state index in [1.54, 1.807) is 0 Å². The molecule has 0 fully saturated rings. The summed E-state index contributed by atoms with van der Waals surface area (Å²) in [7, 11) is 0. The molecule has 0 bridgehead atoms. The molecule has 2 atom stereocenters. The molecule has 98 valence electrons. The van der Waals surface area contributed by atoms with Crippen molar-refractivity contribution in [3.8, 4) is 0 Å². The minimum Gasteiger partial charge on any atom is -0.371 e. The Bertz CT molecular complexity index is 163. The van der Waals surface area contributed by atoms with E-state index >= 15 is 0 Å². The van der Waals surface area contributed by atoms with Crippen LogP contribution in [-0.4, -0.2) is 24.3 Å². The molecule has 0 radical (unpaired) electrons. The van der Waals surface area contributed by atoms with Crippen molar-refractivity contribution >= 4 is 0 Å². The molecule has 0 spiro atoms. The molecule has 1 N–H and O–H groups in total. The predicted molar refractivity (Wildman–Crippen MR) is 71.9 cm³/mol. The van der Waals surface area contributed by atoms with E-state index in [0.717, 1.165) is 13.0 Å². The quantitative estimate of drug-likeness (QED) is 0.684. The Labute approximate surface area is 102 Å². The van der Waals surface area contributed by atoms with Crippen LogP contribution in [0.25, 0.3) is 0 Å². The molecule has 0 aromatic carbocycles. The topological polar surface area (TPSA) is 21.3 Å². The van der Waals surface area contributed by atoms with Crippen LogP contribution in [0.15, 0.2) is 0 Å². The SMILES string of the molecule is CCCNC(CCC)C(CC)OC(C)(C)C. The van der Waals surface area contributed by atoms with Gasteiger partial charge in [-0.3, -0.25) is 0 Å². The van der Waals surface area contributed by atoms with Crippen LogP contribution in [0.1, 0.15) is 67.2 Å². The van der Waals surface area contributed by atoms with Crippen molar-refractivity contribution in [3.63, 3.8) is 0 Å². The highest BCUT2D eigenvalue weighted by atomic mass is 16.5. The second-order valence-corrected chi connectivity index (χ2v) is 5.53. The lowest BCUT2D eigenvalue weighted by molar-refractivity contribution is -0.0774. The smallest absolute Gasteiger partial charge is 0.0732 e. The van der Waals surface area contributed by atoms with Crippen LogP contribution in [0.5, 0.6) is 0 Å². The third kappa shape index (κ3) is 7.24. The maximum atomic E-state index is 6.14. The predicted octanol–water partition coefficient (Wildman–Crippen LogP) is 3.75. The molecule has 2 heteroatoms. The van der Waals surface area contributed by atoms with Crippen molar-refractivity contribution in [2.24, 2.45) is 0 Å². The summed E-state index contributed by atoms with van der Waals surface area (Å²) in [5.41, 5.74) is -0.0411. The Kier molecular flexibility index (Phi) is 8.04. The highest BCUT2D eigenvalue weighted by Gasteiger charge is 2.24. The monoisotopic (exact) mass is 229 g/mol. The molecule has 0 amide bonds. The van der Waals surface area contributed by atoms with Gasteiger partial charge in [0.2, 0.25) is 0 Å². The van der Waals surface area contributed by atoms with Crippen LogP contribution in [0.2, 0.25) is 0 Å². The van der Waals surface area contributed by atoms with Gasteiger partial charge in [-0.05, 0) is 46.6 Å². The van der Waals surface area contributed by atoms with Crippen molar-refractivity contribution in [2.45, 2.75) is 85.0 Å². The molecular formula is C14H31NO. The summed E-state index contributed by atoms with van der Waals surface area (Å²) in [5, 5.41) is 3.62. The van der Waals surface area contributed by atoms with E-state index < -0.39 is 0 Å². The molecule has 0 aromatic heterocycles. The van der Waals surface area contributed by atoms with Crippen LogP contribution < -0.4 is 5.32 Å². The number of hydrogen-bond acceptors (Lipinski definition) is 2. The molecular weight excluding hydrogens is 198 g/mol. The largest absolute Gasteiger partial charge is 0.371 e. The first-order valence-electron chi connectivity index (χ1n) is 6.85. The molecule has 0 aliphatic carbocycles. The van der Waals surface area contributed by atoms with E-state index in [4.69, 9.17) is 4.74 Å². The standard InChI is InChI=1S/C14H31NO/c1-7-10-12(15-11-8-2)13(9-3)16-14(4,5)6/h12-13,15H,7-11H2,1-6H3. The second kappa shape index (κ2) is 8.08. The van der Waals surface area contributed by atoms with Crippen LogP contribution in [0, 0.1) is 0 Å². The minimum absolute atomic E-state index is 0.0411. The van der Waals surface area contributed by atoms with Crippen molar-refractivity contribution in [1.82, 2.24) is 5.32 Å². The number of nitrogens with one attached hydrogen (secondary N) is 1. The van der Waals surface area contributed by atoms with Gasteiger partial charge >= 0.3 is 0 Å². The van der Waals surface area contributed by atoms with Gasteiger partial charge in [0.1, 0.15) is 0 Å². The summed E-state index contributed by atoms with van der Waals surface area (Å²) in [6.45, 7) is 14.2. The Morgan fingerprint density at radius 1 is 1.06 bits per heavy atom. The fourth-order valence-electron chi connectivity index (χ4n) is 1.96. The maximum absolute atomic E-state index is 6.14. The lowest BCUT2D eigenvalue weighted by Crippen LogP contribution is -2.44. The molecule has 16 heavy (non-hydrogen) atoms. The summed E-state index contributed by atoms with van der Waals surface area (Å²) >= 11 is 0. The average molecular weight is 229 g/mol. The third-order valence-electron chi connectivity index (χ3n) is 2.61. The van der Waals surface area contributed by atoms with Gasteiger partial charge < -0.3 is 10.1 Å². The third-order valence-corrected chi connectivity index (χ3v) is 2.61. The van der Waals surface area contributed by atoms with E-state index in [-0.39, 0.29) is 5.60 Å². The minimum atomic E-state index is -0.0411. The number of ether oxygens (including phenoxy) is 1. The normalized spacial score (nSPS) is 16.1. The Balaban J connectivity index is 4.32. The van der Waals surface area contributed by atoms with E-state index in [0.29, 0.717) is 12.1 Å². The highest BCUT2D eigenvalue weighted by Crippen LogP contribution is 2.18. The summed E-state index contributed by atoms with van der Waals surface area (Å²) in [5.74, 6) is 0. The molecule has 0 saturated carbocycles. The molecule has 0 aliphatic heterocycles. The lowest BCUT2D eigenvalue weighted by atomic mass is 10.0. The zero-order valence-electron chi connectivity index (χ0n) is 12.1. The first kappa shape index (κ1) is 15.9. The van der Waals surface area contributed by atoms with Crippen molar-refractivity contribution in [3.05, 3.63) is 0 Å². The lowest BCUT2D eigenvalue weighted by Gasteiger charge is -2.33. The van der Waals surface area contributed by atoms with Crippen LogP contribution >= 0.6 is 0 Å². The van der Waals surface area contributed by atoms with Gasteiger partial charge in [-0.2, -0.15) is 0 Å². The van der Waals surface area contributed by atoms with Crippen LogP contribution in [0.3, 0.4) is 0 Å². The van der Waals surface area contributed by atoms with Gasteiger partial charge in [-0.15, -0.1) is 0 Å². The fourth-order valence-corrected chi connectivity index (χ4v) is 1.96. The molecule has 2 unspecified atom stereocenters. The fraction of sp³-hybridized carbons (Fsp3) is 1.00. The first-order chi connectivity index (χ1) is 7.44. The van der Waals surface area contributed by atoms with Gasteiger partial charge in [0.15, 0.2) is 0 Å². The summed E-state index contributed by atoms with van der Waals surface area (Å²) in [6.07, 6.45) is 5.02. The molecule has 0 aliphatic rings. The zero-order valence-corrected chi connectivity index (χ0v) is 12.1. The van der Waals surface area contributed by atoms with E-state index in [1.165, 1.54) is 19.3 Å². The van der Waals surface area contributed by atoms with E-state index in [2.05, 4.69) is 46.9 Å². The van der Waals surface area contributed by atoms with Gasteiger partial charge in [0.05, 0.1) is 11.7 Å². The molecule has 0 saturated heterocycles. The maximum Gasteiger partial charge on any atom is 0.0732 e. The molecule has 0 rings (SSSR count). The van der Waals surface area contributed by atoms with E-state index in [1.807, 2.05) is 0 Å². The summed E-state index contributed by atoms with van der Waals surface area (Å²) < 4.78 is 6.14. The first-order valence-corrected chi connectivity index (χ1v) is 6.85. The molecule has 0 heterocycles. The van der Waals surface area contributed by atoms with Gasteiger partial charge in [0, 0.05) is 6.04 Å². The second-order valence-electron chi connectivity index (χ2n) is 5.53. The number of rotatable bonds is 8. The Hall–Kier alpha value is -0.0800. The van der Waals surface area contributed by atoms with Gasteiger partial charge in [-0.1, -0.05) is 27.2 Å². The van der Waals surface area contributed by atoms with Crippen LogP contribution in [-0.2, 0) is 4.74 Å². The number of hydrogen-bond donors (Lipinski definition) is 1. The highest BCUT2D eigenvalue weighted by molar-refractivity contribution is 4.78. The van der Waals surface area contributed by atoms with Gasteiger partial charge in [0.25, 0.3) is 0 Å². The van der Waals surface area contributed by atoms with Crippen LogP contribution in [0.4, 0.5) is 0 Å². The van der Waals surface area contributed by atoms with Crippen molar-refractivity contribution in [1.29, 1.82) is 0 Å². The summed E-state index contributed by atoms with van der Waals surface area (Å²) in [4.78, 5) is 0. The average Bonchev–Trinajstić information content (AvgIpc) is 2.19. The van der Waals surface area contributed by atoms with Crippen molar-refractivity contribution < 1.29 is 4.74 Å². The molecule has 2 nitrogen and oxygen atoms in total. The zero-order chi connectivity index (χ0) is 12.6. The van der Waals surface area contributed by atoms with E-state index in [9.17, 15) is 0 Å².